The van der Waals surface area contributed by atoms with E-state index in [4.69, 9.17) is 4.74 Å². The molecule has 0 aromatic carbocycles. The fourth-order valence-corrected chi connectivity index (χ4v) is 2.51. The molecule has 2 nitrogen and oxygen atoms in total. The van der Waals surface area contributed by atoms with Crippen LogP contribution in [0.3, 0.4) is 0 Å². The van der Waals surface area contributed by atoms with E-state index in [1.54, 1.807) is 7.11 Å². The number of rotatable bonds is 11. The van der Waals surface area contributed by atoms with E-state index in [0.717, 1.165) is 31.1 Å². The number of hydrogen-bond acceptors (Lipinski definition) is 2. The molecule has 0 aliphatic rings. The molecule has 0 N–H and O–H groups in total. The predicted molar refractivity (Wildman–Crippen MR) is 101 cm³/mol. The molecule has 0 amide bonds. The van der Waals surface area contributed by atoms with Crippen LogP contribution < -0.4 is 0 Å². The Morgan fingerprint density at radius 1 is 1.13 bits per heavy atom. The first-order chi connectivity index (χ1) is 10.9. The summed E-state index contributed by atoms with van der Waals surface area (Å²) in [6.07, 6.45) is 16.7. The summed E-state index contributed by atoms with van der Waals surface area (Å²) in [6.45, 7) is 10.5. The molecule has 0 aliphatic heterocycles. The number of hydrogen-bond donors (Lipinski definition) is 0. The van der Waals surface area contributed by atoms with Gasteiger partial charge in [-0.05, 0) is 57.4 Å². The fourth-order valence-electron chi connectivity index (χ4n) is 2.51. The standard InChI is InChI=1S/C21H34O2/c1-7-17(2)11-8-9-14-21(23-6)20(5)15-18(3)12-10-13-19(4)16-22/h7-9,11,13-14,16,18,20-21H,10,12,15H2,1-6H3/b11-8+,14-9+,17-7+,19-13+. The summed E-state index contributed by atoms with van der Waals surface area (Å²) in [5, 5.41) is 0. The van der Waals surface area contributed by atoms with E-state index < -0.39 is 0 Å². The van der Waals surface area contributed by atoms with Crippen molar-refractivity contribution in [3.8, 4) is 0 Å². The van der Waals surface area contributed by atoms with Crippen LogP contribution in [-0.2, 0) is 9.53 Å². The minimum atomic E-state index is 0.139. The second kappa shape index (κ2) is 13.1. The summed E-state index contributed by atoms with van der Waals surface area (Å²) in [6, 6.07) is 0. The monoisotopic (exact) mass is 318 g/mol. The van der Waals surface area contributed by atoms with Crippen molar-refractivity contribution in [3.63, 3.8) is 0 Å². The van der Waals surface area contributed by atoms with Crippen molar-refractivity contribution < 1.29 is 9.53 Å². The lowest BCUT2D eigenvalue weighted by atomic mass is 9.89. The molecule has 0 fully saturated rings. The summed E-state index contributed by atoms with van der Waals surface area (Å²) in [5.41, 5.74) is 2.08. The molecule has 0 saturated carbocycles. The molecular formula is C21H34O2. The maximum atomic E-state index is 10.6. The Morgan fingerprint density at radius 2 is 1.83 bits per heavy atom. The molecular weight excluding hydrogens is 284 g/mol. The molecule has 0 aliphatic carbocycles. The van der Waals surface area contributed by atoms with Crippen molar-refractivity contribution in [1.82, 2.24) is 0 Å². The molecule has 0 radical (unpaired) electrons. The van der Waals surface area contributed by atoms with Gasteiger partial charge in [-0.1, -0.05) is 55.9 Å². The first-order valence-electron chi connectivity index (χ1n) is 8.57. The molecule has 0 aromatic rings. The summed E-state index contributed by atoms with van der Waals surface area (Å²) < 4.78 is 5.61. The molecule has 0 bridgehead atoms. The Labute approximate surface area is 143 Å². The second-order valence-corrected chi connectivity index (χ2v) is 6.44. The van der Waals surface area contributed by atoms with Crippen molar-refractivity contribution in [2.24, 2.45) is 11.8 Å². The topological polar surface area (TPSA) is 26.3 Å². The lowest BCUT2D eigenvalue weighted by Gasteiger charge is -2.22. The quantitative estimate of drug-likeness (QED) is 0.279. The summed E-state index contributed by atoms with van der Waals surface area (Å²) in [4.78, 5) is 10.6. The van der Waals surface area contributed by atoms with Gasteiger partial charge >= 0.3 is 0 Å². The fraction of sp³-hybridized carbons (Fsp3) is 0.571. The van der Waals surface area contributed by atoms with E-state index in [1.165, 1.54) is 5.57 Å². The molecule has 0 aromatic heterocycles. The average molecular weight is 319 g/mol. The zero-order chi connectivity index (χ0) is 17.7. The first kappa shape index (κ1) is 21.6. The van der Waals surface area contributed by atoms with E-state index in [2.05, 4.69) is 51.2 Å². The maximum absolute atomic E-state index is 10.6. The zero-order valence-electron chi connectivity index (χ0n) is 15.7. The van der Waals surface area contributed by atoms with Crippen molar-refractivity contribution >= 4 is 6.29 Å². The van der Waals surface area contributed by atoms with Crippen LogP contribution in [0, 0.1) is 11.8 Å². The third-order valence-electron chi connectivity index (χ3n) is 4.15. The normalized spacial score (nSPS) is 17.7. The smallest absolute Gasteiger partial charge is 0.145 e. The highest BCUT2D eigenvalue weighted by molar-refractivity contribution is 5.71. The summed E-state index contributed by atoms with van der Waals surface area (Å²) >= 11 is 0. The van der Waals surface area contributed by atoms with E-state index in [9.17, 15) is 4.79 Å². The van der Waals surface area contributed by atoms with Crippen LogP contribution in [0.1, 0.15) is 53.9 Å². The molecule has 23 heavy (non-hydrogen) atoms. The van der Waals surface area contributed by atoms with Gasteiger partial charge in [0.2, 0.25) is 0 Å². The van der Waals surface area contributed by atoms with Crippen molar-refractivity contribution in [2.45, 2.75) is 60.0 Å². The van der Waals surface area contributed by atoms with E-state index in [-0.39, 0.29) is 6.10 Å². The number of aldehydes is 1. The number of carbonyl (C=O) groups is 1. The van der Waals surface area contributed by atoms with Crippen LogP contribution in [0.25, 0.3) is 0 Å². The minimum Gasteiger partial charge on any atom is -0.377 e. The van der Waals surface area contributed by atoms with Gasteiger partial charge in [0.15, 0.2) is 0 Å². The zero-order valence-corrected chi connectivity index (χ0v) is 15.7. The Hall–Kier alpha value is -1.41. The largest absolute Gasteiger partial charge is 0.377 e. The molecule has 3 atom stereocenters. The van der Waals surface area contributed by atoms with Gasteiger partial charge in [-0.3, -0.25) is 4.79 Å². The molecule has 0 heterocycles. The van der Waals surface area contributed by atoms with Crippen LogP contribution in [0.2, 0.25) is 0 Å². The maximum Gasteiger partial charge on any atom is 0.145 e. The lowest BCUT2D eigenvalue weighted by Crippen LogP contribution is -2.20. The van der Waals surface area contributed by atoms with Crippen LogP contribution in [0.5, 0.6) is 0 Å². The van der Waals surface area contributed by atoms with Gasteiger partial charge in [0, 0.05) is 7.11 Å². The highest BCUT2D eigenvalue weighted by Crippen LogP contribution is 2.22. The second-order valence-electron chi connectivity index (χ2n) is 6.44. The highest BCUT2D eigenvalue weighted by Gasteiger charge is 2.16. The predicted octanol–water partition coefficient (Wildman–Crippen LogP) is 5.67. The summed E-state index contributed by atoms with van der Waals surface area (Å²) in [7, 11) is 1.77. The van der Waals surface area contributed by atoms with Crippen LogP contribution in [0.4, 0.5) is 0 Å². The van der Waals surface area contributed by atoms with E-state index >= 15 is 0 Å². The lowest BCUT2D eigenvalue weighted by molar-refractivity contribution is -0.104. The molecule has 130 valence electrons. The van der Waals surface area contributed by atoms with E-state index in [1.807, 2.05) is 19.9 Å². The number of methoxy groups -OCH3 is 1. The van der Waals surface area contributed by atoms with Gasteiger partial charge in [0.1, 0.15) is 6.29 Å². The minimum absolute atomic E-state index is 0.139. The number of carbonyl (C=O) groups excluding carboxylic acids is 1. The highest BCUT2D eigenvalue weighted by atomic mass is 16.5. The Balaban J connectivity index is 4.37. The van der Waals surface area contributed by atoms with Crippen molar-refractivity contribution in [1.29, 1.82) is 0 Å². The number of allylic oxidation sites excluding steroid dienone is 7. The number of ether oxygens (including phenoxy) is 1. The van der Waals surface area contributed by atoms with Gasteiger partial charge in [0.05, 0.1) is 6.10 Å². The Morgan fingerprint density at radius 3 is 2.39 bits per heavy atom. The summed E-state index contributed by atoms with van der Waals surface area (Å²) in [5.74, 6) is 1.09. The van der Waals surface area contributed by atoms with Crippen LogP contribution in [0.15, 0.2) is 47.6 Å². The van der Waals surface area contributed by atoms with Crippen molar-refractivity contribution in [3.05, 3.63) is 47.6 Å². The van der Waals surface area contributed by atoms with E-state index in [0.29, 0.717) is 11.8 Å². The molecule has 0 rings (SSSR count). The molecule has 3 unspecified atom stereocenters. The van der Waals surface area contributed by atoms with Crippen LogP contribution >= 0.6 is 0 Å². The third kappa shape index (κ3) is 10.9. The van der Waals surface area contributed by atoms with Gasteiger partial charge in [-0.15, -0.1) is 0 Å². The molecule has 0 saturated heterocycles. The van der Waals surface area contributed by atoms with Gasteiger partial charge in [-0.2, -0.15) is 0 Å². The Bertz CT molecular complexity index is 441. The third-order valence-corrected chi connectivity index (χ3v) is 4.15. The first-order valence-corrected chi connectivity index (χ1v) is 8.57. The van der Waals surface area contributed by atoms with Gasteiger partial charge in [0.25, 0.3) is 0 Å². The average Bonchev–Trinajstić information content (AvgIpc) is 2.54. The Kier molecular flexibility index (Phi) is 12.3. The van der Waals surface area contributed by atoms with Crippen molar-refractivity contribution in [2.75, 3.05) is 7.11 Å². The van der Waals surface area contributed by atoms with Gasteiger partial charge in [-0.25, -0.2) is 0 Å². The molecule has 0 spiro atoms. The van der Waals surface area contributed by atoms with Gasteiger partial charge < -0.3 is 4.74 Å². The SMILES string of the molecule is C/C=C(C)/C=C/C=C/C(OC)C(C)CC(C)CC/C=C(\C)C=O. The van der Waals surface area contributed by atoms with Crippen LogP contribution in [-0.4, -0.2) is 19.5 Å². The molecule has 2 heteroatoms.